The van der Waals surface area contributed by atoms with E-state index in [1.54, 1.807) is 6.07 Å². The molecule has 0 aromatic carbocycles. The molecule has 1 rings (SSSR count). The fraction of sp³-hybridized carbons (Fsp3) is 0.286. The van der Waals surface area contributed by atoms with E-state index in [0.717, 1.165) is 4.47 Å². The van der Waals surface area contributed by atoms with E-state index < -0.39 is 9.59 Å². The normalized spacial score (nSPS) is 14.2. The van der Waals surface area contributed by atoms with Crippen LogP contribution in [0.15, 0.2) is 22.8 Å². The molecule has 0 aliphatic heterocycles. The van der Waals surface area contributed by atoms with Crippen molar-refractivity contribution in [3.05, 3.63) is 28.5 Å². The molecule has 1 aromatic rings. The summed E-state index contributed by atoms with van der Waals surface area (Å²) in [6, 6.07) is 3.21. The maximum Gasteiger partial charge on any atom is 0.250 e. The first-order chi connectivity index (χ1) is 5.91. The molecule has 2 nitrogen and oxygen atoms in total. The van der Waals surface area contributed by atoms with E-state index in [4.69, 9.17) is 0 Å². The van der Waals surface area contributed by atoms with E-state index in [1.165, 1.54) is 12.3 Å². The summed E-state index contributed by atoms with van der Waals surface area (Å²) in [5, 5.41) is 9.40. The SMILES string of the molecule is OC(c1ccc(Br)cn1)C(F)(Br)Br. The Labute approximate surface area is 99.9 Å². The number of nitrogens with zero attached hydrogens (tertiary/aromatic N) is 1. The standard InChI is InChI=1S/C7H5Br3FNO/c8-4-1-2-5(12-3-4)6(13)7(9,10)11/h1-3,6,13H. The molecule has 0 fully saturated rings. The Kier molecular flexibility index (Phi) is 3.85. The summed E-state index contributed by atoms with van der Waals surface area (Å²) in [5.41, 5.74) is 0.249. The summed E-state index contributed by atoms with van der Waals surface area (Å²) in [4.78, 5) is 3.85. The molecule has 0 aliphatic carbocycles. The van der Waals surface area contributed by atoms with Gasteiger partial charge in [-0.25, -0.2) is 4.39 Å². The molecular formula is C7H5Br3FNO. The zero-order chi connectivity index (χ0) is 10.1. The maximum absolute atomic E-state index is 13.1. The highest BCUT2D eigenvalue weighted by molar-refractivity contribution is 9.25. The third kappa shape index (κ3) is 3.27. The minimum absolute atomic E-state index is 0.249. The predicted octanol–water partition coefficient (Wildman–Crippen LogP) is 3.29. The number of rotatable bonds is 2. The summed E-state index contributed by atoms with van der Waals surface area (Å²) in [6.45, 7) is 0. The molecule has 0 amide bonds. The molecule has 1 aromatic heterocycles. The Balaban J connectivity index is 2.90. The fourth-order valence-corrected chi connectivity index (χ4v) is 1.42. The summed E-state index contributed by atoms with van der Waals surface area (Å²) in [5.74, 6) is 0. The molecule has 1 unspecified atom stereocenters. The molecule has 1 atom stereocenters. The second kappa shape index (κ2) is 4.33. The molecule has 72 valence electrons. The van der Waals surface area contributed by atoms with Crippen LogP contribution in [0.2, 0.25) is 0 Å². The molecule has 6 heteroatoms. The molecule has 1 N–H and O–H groups in total. The van der Waals surface area contributed by atoms with E-state index >= 15 is 0 Å². The number of aromatic nitrogens is 1. The minimum atomic E-state index is -2.04. The van der Waals surface area contributed by atoms with Gasteiger partial charge in [-0.3, -0.25) is 4.98 Å². The molecule has 13 heavy (non-hydrogen) atoms. The van der Waals surface area contributed by atoms with Crippen LogP contribution >= 0.6 is 47.8 Å². The maximum atomic E-state index is 13.1. The van der Waals surface area contributed by atoms with Crippen molar-refractivity contribution in [3.8, 4) is 0 Å². The monoisotopic (exact) mass is 375 g/mol. The van der Waals surface area contributed by atoms with Gasteiger partial charge < -0.3 is 5.11 Å². The van der Waals surface area contributed by atoms with Crippen LogP contribution < -0.4 is 0 Å². The van der Waals surface area contributed by atoms with Crippen molar-refractivity contribution in [1.29, 1.82) is 0 Å². The fourth-order valence-electron chi connectivity index (χ4n) is 0.717. The first-order valence-electron chi connectivity index (χ1n) is 3.27. The van der Waals surface area contributed by atoms with Gasteiger partial charge in [0.25, 0.3) is 0 Å². The number of hydrogen-bond donors (Lipinski definition) is 1. The Hall–Kier alpha value is 0.480. The van der Waals surface area contributed by atoms with Crippen molar-refractivity contribution in [1.82, 2.24) is 4.98 Å². The molecule has 0 saturated carbocycles. The van der Waals surface area contributed by atoms with Crippen molar-refractivity contribution < 1.29 is 9.50 Å². The first-order valence-corrected chi connectivity index (χ1v) is 5.65. The van der Waals surface area contributed by atoms with Crippen LogP contribution in [0.1, 0.15) is 11.8 Å². The number of hydrogen-bond acceptors (Lipinski definition) is 2. The smallest absolute Gasteiger partial charge is 0.250 e. The van der Waals surface area contributed by atoms with Crippen molar-refractivity contribution in [2.45, 2.75) is 9.59 Å². The highest BCUT2D eigenvalue weighted by Gasteiger charge is 2.33. The van der Waals surface area contributed by atoms with Gasteiger partial charge in [-0.15, -0.1) is 0 Å². The van der Waals surface area contributed by atoms with Gasteiger partial charge >= 0.3 is 0 Å². The summed E-state index contributed by atoms with van der Waals surface area (Å²) in [7, 11) is 0. The topological polar surface area (TPSA) is 33.1 Å². The minimum Gasteiger partial charge on any atom is -0.382 e. The second-order valence-corrected chi connectivity index (χ2v) is 6.63. The number of pyridine rings is 1. The third-order valence-electron chi connectivity index (χ3n) is 1.34. The molecule has 0 spiro atoms. The predicted molar refractivity (Wildman–Crippen MR) is 58.6 cm³/mol. The van der Waals surface area contributed by atoms with Gasteiger partial charge in [0.1, 0.15) is 0 Å². The van der Waals surface area contributed by atoms with E-state index in [0.29, 0.717) is 0 Å². The van der Waals surface area contributed by atoms with Gasteiger partial charge in [0.2, 0.25) is 3.49 Å². The second-order valence-electron chi connectivity index (χ2n) is 2.35. The lowest BCUT2D eigenvalue weighted by Crippen LogP contribution is -2.17. The van der Waals surface area contributed by atoms with Gasteiger partial charge in [0, 0.05) is 10.7 Å². The van der Waals surface area contributed by atoms with Crippen molar-refractivity contribution in [3.63, 3.8) is 0 Å². The van der Waals surface area contributed by atoms with Crippen LogP contribution in [-0.2, 0) is 0 Å². The van der Waals surface area contributed by atoms with Gasteiger partial charge in [0.05, 0.1) is 5.69 Å². The molecule has 0 bridgehead atoms. The van der Waals surface area contributed by atoms with E-state index in [9.17, 15) is 9.50 Å². The molecule has 0 aliphatic rings. The molecular weight excluding hydrogens is 373 g/mol. The number of aliphatic hydroxyl groups is 1. The third-order valence-corrected chi connectivity index (χ3v) is 2.68. The zero-order valence-electron chi connectivity index (χ0n) is 6.22. The van der Waals surface area contributed by atoms with Gasteiger partial charge in [-0.05, 0) is 59.9 Å². The van der Waals surface area contributed by atoms with Crippen LogP contribution in [-0.4, -0.2) is 13.6 Å². The molecule has 0 radical (unpaired) electrons. The largest absolute Gasteiger partial charge is 0.382 e. The summed E-state index contributed by atoms with van der Waals surface area (Å²) in [6.07, 6.45) is 0.144. The van der Waals surface area contributed by atoms with E-state index in [2.05, 4.69) is 52.8 Å². The van der Waals surface area contributed by atoms with Crippen molar-refractivity contribution >= 4 is 47.8 Å². The number of halogens is 4. The van der Waals surface area contributed by atoms with Crippen LogP contribution in [0.4, 0.5) is 4.39 Å². The van der Waals surface area contributed by atoms with Crippen molar-refractivity contribution in [2.24, 2.45) is 0 Å². The zero-order valence-corrected chi connectivity index (χ0v) is 11.0. The average Bonchev–Trinajstić information content (AvgIpc) is 2.03. The van der Waals surface area contributed by atoms with Crippen molar-refractivity contribution in [2.75, 3.05) is 0 Å². The summed E-state index contributed by atoms with van der Waals surface area (Å²) < 4.78 is 11.8. The van der Waals surface area contributed by atoms with Crippen LogP contribution in [0.3, 0.4) is 0 Å². The van der Waals surface area contributed by atoms with Crippen LogP contribution in [0.5, 0.6) is 0 Å². The quantitative estimate of drug-likeness (QED) is 0.802. The Bertz CT molecular complexity index is 285. The Morgan fingerprint density at radius 1 is 1.46 bits per heavy atom. The molecule has 1 heterocycles. The van der Waals surface area contributed by atoms with E-state index in [-0.39, 0.29) is 5.69 Å². The highest BCUT2D eigenvalue weighted by Crippen LogP contribution is 2.40. The first kappa shape index (κ1) is 11.6. The van der Waals surface area contributed by atoms with Gasteiger partial charge in [-0.2, -0.15) is 0 Å². The Morgan fingerprint density at radius 3 is 2.46 bits per heavy atom. The molecule has 0 saturated heterocycles. The van der Waals surface area contributed by atoms with Crippen LogP contribution in [0.25, 0.3) is 0 Å². The van der Waals surface area contributed by atoms with Crippen LogP contribution in [0, 0.1) is 0 Å². The van der Waals surface area contributed by atoms with Gasteiger partial charge in [-0.1, -0.05) is 0 Å². The Morgan fingerprint density at radius 2 is 2.08 bits per heavy atom. The number of aliphatic hydroxyl groups excluding tert-OH is 1. The lowest BCUT2D eigenvalue weighted by molar-refractivity contribution is 0.110. The van der Waals surface area contributed by atoms with E-state index in [1.807, 2.05) is 0 Å². The lowest BCUT2D eigenvalue weighted by atomic mass is 10.2. The summed E-state index contributed by atoms with van der Waals surface area (Å²) >= 11 is 8.48. The number of alkyl halides is 3. The highest BCUT2D eigenvalue weighted by atomic mass is 79.9. The lowest BCUT2D eigenvalue weighted by Gasteiger charge is -2.17. The van der Waals surface area contributed by atoms with Gasteiger partial charge in [0.15, 0.2) is 6.10 Å². The average molecular weight is 378 g/mol.